The van der Waals surface area contributed by atoms with Gasteiger partial charge in [0.25, 0.3) is 0 Å². The van der Waals surface area contributed by atoms with Crippen LogP contribution in [-0.2, 0) is 11.2 Å². The smallest absolute Gasteiger partial charge is 0.224 e. The second-order valence-corrected chi connectivity index (χ2v) is 4.61. The van der Waals surface area contributed by atoms with Crippen LogP contribution in [0.25, 0.3) is 5.69 Å². The Morgan fingerprint density at radius 2 is 2.00 bits per heavy atom. The monoisotopic (exact) mass is 308 g/mol. The highest BCUT2D eigenvalue weighted by Crippen LogP contribution is 2.07. The van der Waals surface area contributed by atoms with E-state index in [2.05, 4.69) is 15.7 Å². The molecule has 0 saturated heterocycles. The van der Waals surface area contributed by atoms with Gasteiger partial charge in [-0.1, -0.05) is 18.2 Å². The fourth-order valence-electron chi connectivity index (χ4n) is 1.91. The Bertz CT molecular complexity index is 542. The van der Waals surface area contributed by atoms with E-state index in [1.807, 2.05) is 43.6 Å². The normalized spacial score (nSPS) is 9.95. The molecule has 2 rings (SSSR count). The number of carbonyl (C=O) groups is 1. The van der Waals surface area contributed by atoms with Crippen LogP contribution in [0.1, 0.15) is 12.0 Å². The lowest BCUT2D eigenvalue weighted by Gasteiger charge is -2.03. The Morgan fingerprint density at radius 3 is 2.71 bits per heavy atom. The van der Waals surface area contributed by atoms with Gasteiger partial charge in [0.1, 0.15) is 0 Å². The van der Waals surface area contributed by atoms with Crippen molar-refractivity contribution in [3.63, 3.8) is 0 Å². The van der Waals surface area contributed by atoms with Gasteiger partial charge in [-0.3, -0.25) is 4.79 Å². The summed E-state index contributed by atoms with van der Waals surface area (Å²) in [5, 5.41) is 10.2. The van der Waals surface area contributed by atoms with E-state index in [1.54, 1.807) is 10.9 Å². The highest BCUT2D eigenvalue weighted by atomic mass is 35.5. The molecule has 0 aliphatic carbocycles. The molecule has 21 heavy (non-hydrogen) atoms. The molecule has 0 spiro atoms. The van der Waals surface area contributed by atoms with E-state index in [9.17, 15) is 4.79 Å². The van der Waals surface area contributed by atoms with E-state index in [1.165, 1.54) is 0 Å². The number of rotatable bonds is 7. The fraction of sp³-hybridized carbons (Fsp3) is 0.333. The molecule has 0 fully saturated rings. The van der Waals surface area contributed by atoms with Crippen LogP contribution >= 0.6 is 12.4 Å². The van der Waals surface area contributed by atoms with E-state index >= 15 is 0 Å². The molecule has 2 N–H and O–H groups in total. The first-order valence-corrected chi connectivity index (χ1v) is 6.80. The third-order valence-electron chi connectivity index (χ3n) is 2.95. The first-order chi connectivity index (χ1) is 9.79. The van der Waals surface area contributed by atoms with Gasteiger partial charge in [0.15, 0.2) is 0 Å². The first kappa shape index (κ1) is 17.2. The van der Waals surface area contributed by atoms with Gasteiger partial charge in [-0.15, -0.1) is 12.4 Å². The van der Waals surface area contributed by atoms with Gasteiger partial charge < -0.3 is 10.6 Å². The Hall–Kier alpha value is -1.85. The van der Waals surface area contributed by atoms with Crippen molar-refractivity contribution in [1.29, 1.82) is 0 Å². The number of aromatic nitrogens is 2. The molecule has 5 nitrogen and oxygen atoms in total. The Kier molecular flexibility index (Phi) is 7.50. The lowest BCUT2D eigenvalue weighted by Crippen LogP contribution is -2.27. The quantitative estimate of drug-likeness (QED) is 0.763. The van der Waals surface area contributed by atoms with E-state index in [4.69, 9.17) is 0 Å². The van der Waals surface area contributed by atoms with Crippen molar-refractivity contribution in [2.24, 2.45) is 0 Å². The lowest BCUT2D eigenvalue weighted by atomic mass is 10.2. The molecular formula is C15H21ClN4O. The first-order valence-electron chi connectivity index (χ1n) is 6.80. The molecule has 0 aliphatic rings. The predicted octanol–water partition coefficient (Wildman–Crippen LogP) is 1.56. The molecule has 0 saturated carbocycles. The zero-order valence-corrected chi connectivity index (χ0v) is 12.9. The van der Waals surface area contributed by atoms with Gasteiger partial charge in [0.05, 0.1) is 18.3 Å². The summed E-state index contributed by atoms with van der Waals surface area (Å²) in [6.45, 7) is 1.61. The minimum Gasteiger partial charge on any atom is -0.356 e. The molecule has 0 bridgehead atoms. The van der Waals surface area contributed by atoms with Gasteiger partial charge >= 0.3 is 0 Å². The van der Waals surface area contributed by atoms with Gasteiger partial charge in [-0.05, 0) is 37.7 Å². The van der Waals surface area contributed by atoms with Crippen molar-refractivity contribution in [1.82, 2.24) is 20.4 Å². The minimum atomic E-state index is 0. The molecule has 1 aromatic heterocycles. The molecule has 1 aromatic carbocycles. The molecular weight excluding hydrogens is 288 g/mol. The summed E-state index contributed by atoms with van der Waals surface area (Å²) in [5.74, 6) is 0.0358. The van der Waals surface area contributed by atoms with E-state index in [0.29, 0.717) is 13.0 Å². The maximum atomic E-state index is 11.8. The number of hydrogen-bond donors (Lipinski definition) is 2. The van der Waals surface area contributed by atoms with Crippen molar-refractivity contribution in [2.45, 2.75) is 12.8 Å². The van der Waals surface area contributed by atoms with Gasteiger partial charge in [-0.25, -0.2) is 4.68 Å². The molecule has 0 radical (unpaired) electrons. The Labute approximate surface area is 131 Å². The van der Waals surface area contributed by atoms with Crippen molar-refractivity contribution in [3.8, 4) is 5.69 Å². The second-order valence-electron chi connectivity index (χ2n) is 4.61. The molecule has 1 amide bonds. The van der Waals surface area contributed by atoms with Crippen molar-refractivity contribution < 1.29 is 4.79 Å². The average molecular weight is 309 g/mol. The van der Waals surface area contributed by atoms with Crippen LogP contribution in [0.2, 0.25) is 0 Å². The number of nitrogens with one attached hydrogen (secondary N) is 2. The van der Waals surface area contributed by atoms with Crippen LogP contribution in [0, 0.1) is 0 Å². The molecule has 1 heterocycles. The second kappa shape index (κ2) is 9.15. The topological polar surface area (TPSA) is 58.9 Å². The highest BCUT2D eigenvalue weighted by Gasteiger charge is 2.06. The summed E-state index contributed by atoms with van der Waals surface area (Å²) < 4.78 is 1.78. The number of benzene rings is 1. The maximum absolute atomic E-state index is 11.8. The van der Waals surface area contributed by atoms with Gasteiger partial charge in [0.2, 0.25) is 5.91 Å². The largest absolute Gasteiger partial charge is 0.356 e. The zero-order valence-electron chi connectivity index (χ0n) is 12.1. The van der Waals surface area contributed by atoms with Crippen molar-refractivity contribution >= 4 is 18.3 Å². The molecule has 0 atom stereocenters. The number of hydrogen-bond acceptors (Lipinski definition) is 3. The summed E-state index contributed by atoms with van der Waals surface area (Å²) in [6, 6.07) is 9.85. The van der Waals surface area contributed by atoms with Gasteiger partial charge in [-0.2, -0.15) is 5.10 Å². The zero-order chi connectivity index (χ0) is 14.2. The number of para-hydroxylation sites is 1. The van der Waals surface area contributed by atoms with Crippen molar-refractivity contribution in [3.05, 3.63) is 48.3 Å². The maximum Gasteiger partial charge on any atom is 0.224 e. The van der Waals surface area contributed by atoms with E-state index < -0.39 is 0 Å². The van der Waals surface area contributed by atoms with Crippen LogP contribution in [-0.4, -0.2) is 35.8 Å². The van der Waals surface area contributed by atoms with Crippen LogP contribution in [0.3, 0.4) is 0 Å². The van der Waals surface area contributed by atoms with Crippen LogP contribution in [0.15, 0.2) is 42.7 Å². The molecule has 0 aliphatic heterocycles. The van der Waals surface area contributed by atoms with Crippen LogP contribution in [0.5, 0.6) is 0 Å². The van der Waals surface area contributed by atoms with E-state index in [-0.39, 0.29) is 18.3 Å². The summed E-state index contributed by atoms with van der Waals surface area (Å²) in [7, 11) is 1.90. The summed E-state index contributed by atoms with van der Waals surface area (Å²) in [6.07, 6.45) is 4.93. The van der Waals surface area contributed by atoms with Gasteiger partial charge in [0, 0.05) is 12.7 Å². The fourth-order valence-corrected chi connectivity index (χ4v) is 1.91. The molecule has 2 aromatic rings. The van der Waals surface area contributed by atoms with Crippen LogP contribution < -0.4 is 10.6 Å². The average Bonchev–Trinajstić information content (AvgIpc) is 2.93. The van der Waals surface area contributed by atoms with E-state index in [0.717, 1.165) is 24.2 Å². The molecule has 0 unspecified atom stereocenters. The summed E-state index contributed by atoms with van der Waals surface area (Å²) in [5.41, 5.74) is 1.91. The Morgan fingerprint density at radius 1 is 1.24 bits per heavy atom. The lowest BCUT2D eigenvalue weighted by molar-refractivity contribution is -0.120. The predicted molar refractivity (Wildman–Crippen MR) is 86.1 cm³/mol. The Balaban J connectivity index is 0.00000220. The third-order valence-corrected chi connectivity index (χ3v) is 2.95. The number of amides is 1. The summed E-state index contributed by atoms with van der Waals surface area (Å²) >= 11 is 0. The molecule has 6 heteroatoms. The minimum absolute atomic E-state index is 0. The SMILES string of the molecule is CNCCCNC(=O)Cc1cnn(-c2ccccc2)c1.Cl. The number of nitrogens with zero attached hydrogens (tertiary/aromatic N) is 2. The number of halogens is 1. The molecule has 114 valence electrons. The summed E-state index contributed by atoms with van der Waals surface area (Å²) in [4.78, 5) is 11.8. The highest BCUT2D eigenvalue weighted by molar-refractivity contribution is 5.85. The van der Waals surface area contributed by atoms with Crippen LogP contribution in [0.4, 0.5) is 0 Å². The standard InChI is InChI=1S/C15H20N4O.ClH/c1-16-8-5-9-17-15(20)10-13-11-18-19(12-13)14-6-3-2-4-7-14;/h2-4,6-7,11-12,16H,5,8-10H2,1H3,(H,17,20);1H. The third kappa shape index (κ3) is 5.57. The number of carbonyl (C=O) groups excluding carboxylic acids is 1. The van der Waals surface area contributed by atoms with Crippen molar-refractivity contribution in [2.75, 3.05) is 20.1 Å².